The summed E-state index contributed by atoms with van der Waals surface area (Å²) in [6.07, 6.45) is -1.20. The van der Waals surface area contributed by atoms with E-state index in [1.807, 2.05) is 0 Å². The first-order valence-corrected chi connectivity index (χ1v) is 5.10. The fourth-order valence-corrected chi connectivity index (χ4v) is 1.60. The van der Waals surface area contributed by atoms with Gasteiger partial charge in [-0.05, 0) is 17.7 Å². The molecule has 1 heterocycles. The Kier molecular flexibility index (Phi) is 2.97. The summed E-state index contributed by atoms with van der Waals surface area (Å²) in [4.78, 5) is 0.465. The first-order valence-electron chi connectivity index (χ1n) is 4.69. The predicted octanol–water partition coefficient (Wildman–Crippen LogP) is 3.19. The molecule has 1 aromatic carbocycles. The summed E-state index contributed by atoms with van der Waals surface area (Å²) in [6, 6.07) is 4.75. The zero-order chi connectivity index (χ0) is 12.5. The van der Waals surface area contributed by atoms with Crippen molar-refractivity contribution in [3.8, 4) is 0 Å². The molecule has 0 aliphatic heterocycles. The van der Waals surface area contributed by atoms with Crippen molar-refractivity contribution in [2.45, 2.75) is 6.18 Å². The third-order valence-corrected chi connectivity index (χ3v) is 2.71. The standard InChI is InChI=1S/C11H7F3N2S/c12-11(13,14)9-3-1-7(2-4-9)10(17)8-5-15-16-6-8/h1-6H,(H,15,16). The van der Waals surface area contributed by atoms with Crippen LogP contribution in [0.25, 0.3) is 0 Å². The molecule has 0 bridgehead atoms. The number of aromatic nitrogens is 2. The van der Waals surface area contributed by atoms with Crippen LogP contribution in [0.1, 0.15) is 16.7 Å². The number of rotatable bonds is 2. The van der Waals surface area contributed by atoms with Gasteiger partial charge < -0.3 is 0 Å². The lowest BCUT2D eigenvalue weighted by atomic mass is 10.1. The van der Waals surface area contributed by atoms with Gasteiger partial charge in [-0.3, -0.25) is 5.10 Å². The van der Waals surface area contributed by atoms with Crippen molar-refractivity contribution in [2.75, 3.05) is 0 Å². The maximum atomic E-state index is 12.3. The first kappa shape index (κ1) is 11.8. The van der Waals surface area contributed by atoms with Crippen LogP contribution in [-0.4, -0.2) is 15.1 Å². The van der Waals surface area contributed by atoms with E-state index >= 15 is 0 Å². The molecule has 2 nitrogen and oxygen atoms in total. The molecule has 17 heavy (non-hydrogen) atoms. The molecular formula is C11H7F3N2S. The minimum atomic E-state index is -4.32. The molecule has 0 aliphatic rings. The summed E-state index contributed by atoms with van der Waals surface area (Å²) < 4.78 is 37.0. The van der Waals surface area contributed by atoms with E-state index in [1.54, 1.807) is 6.20 Å². The first-order chi connectivity index (χ1) is 7.98. The number of nitrogens with one attached hydrogen (secondary N) is 1. The lowest BCUT2D eigenvalue weighted by Gasteiger charge is -2.07. The van der Waals surface area contributed by atoms with Crippen LogP contribution in [0.5, 0.6) is 0 Å². The summed E-state index contributed by atoms with van der Waals surface area (Å²) in [5.41, 5.74) is 0.561. The van der Waals surface area contributed by atoms with Gasteiger partial charge in [0, 0.05) is 11.8 Å². The van der Waals surface area contributed by atoms with Crippen molar-refractivity contribution in [3.63, 3.8) is 0 Å². The van der Waals surface area contributed by atoms with Crippen molar-refractivity contribution in [1.29, 1.82) is 0 Å². The Morgan fingerprint density at radius 1 is 1.12 bits per heavy atom. The molecule has 0 fully saturated rings. The average molecular weight is 256 g/mol. The second kappa shape index (κ2) is 4.29. The highest BCUT2D eigenvalue weighted by Crippen LogP contribution is 2.29. The molecular weight excluding hydrogens is 249 g/mol. The SMILES string of the molecule is FC(F)(F)c1ccc(C(=S)c2cn[nH]c2)cc1. The van der Waals surface area contributed by atoms with E-state index in [0.717, 1.165) is 12.1 Å². The smallest absolute Gasteiger partial charge is 0.285 e. The molecule has 0 unspecified atom stereocenters. The highest BCUT2D eigenvalue weighted by atomic mass is 32.1. The van der Waals surface area contributed by atoms with E-state index < -0.39 is 11.7 Å². The lowest BCUT2D eigenvalue weighted by Crippen LogP contribution is -2.05. The Labute approximate surface area is 100 Å². The Morgan fingerprint density at radius 2 is 1.76 bits per heavy atom. The average Bonchev–Trinajstić information content (AvgIpc) is 2.80. The third-order valence-electron chi connectivity index (χ3n) is 2.23. The van der Waals surface area contributed by atoms with Crippen LogP contribution in [0.4, 0.5) is 13.2 Å². The Bertz CT molecular complexity index is 515. The van der Waals surface area contributed by atoms with E-state index in [1.165, 1.54) is 18.3 Å². The topological polar surface area (TPSA) is 28.7 Å². The van der Waals surface area contributed by atoms with Gasteiger partial charge in [-0.1, -0.05) is 24.4 Å². The van der Waals surface area contributed by atoms with E-state index in [4.69, 9.17) is 12.2 Å². The van der Waals surface area contributed by atoms with Crippen LogP contribution in [0.15, 0.2) is 36.7 Å². The molecule has 1 N–H and O–H groups in total. The van der Waals surface area contributed by atoms with E-state index in [9.17, 15) is 13.2 Å². The number of thiocarbonyl (C=S) groups is 1. The summed E-state index contributed by atoms with van der Waals surface area (Å²) in [6.45, 7) is 0. The maximum absolute atomic E-state index is 12.3. The molecule has 0 aliphatic carbocycles. The van der Waals surface area contributed by atoms with Crippen molar-refractivity contribution in [3.05, 3.63) is 53.3 Å². The predicted molar refractivity (Wildman–Crippen MR) is 60.8 cm³/mol. The normalized spacial score (nSPS) is 11.5. The minimum absolute atomic E-state index is 0.465. The van der Waals surface area contributed by atoms with E-state index in [-0.39, 0.29) is 0 Å². The van der Waals surface area contributed by atoms with Crippen molar-refractivity contribution < 1.29 is 13.2 Å². The van der Waals surface area contributed by atoms with Gasteiger partial charge >= 0.3 is 6.18 Å². The van der Waals surface area contributed by atoms with E-state index in [0.29, 0.717) is 16.0 Å². The van der Waals surface area contributed by atoms with Crippen molar-refractivity contribution >= 4 is 17.1 Å². The summed E-state index contributed by atoms with van der Waals surface area (Å²) in [5, 5.41) is 6.33. The quantitative estimate of drug-likeness (QED) is 0.660. The van der Waals surface area contributed by atoms with Gasteiger partial charge in [0.2, 0.25) is 0 Å². The molecule has 0 radical (unpaired) electrons. The summed E-state index contributed by atoms with van der Waals surface area (Å²) in [7, 11) is 0. The van der Waals surface area contributed by atoms with Crippen molar-refractivity contribution in [1.82, 2.24) is 10.2 Å². The summed E-state index contributed by atoms with van der Waals surface area (Å²) >= 11 is 5.14. The number of nitrogens with zero attached hydrogens (tertiary/aromatic N) is 1. The highest BCUT2D eigenvalue weighted by Gasteiger charge is 2.30. The number of H-pyrrole nitrogens is 1. The summed E-state index contributed by atoms with van der Waals surface area (Å²) in [5.74, 6) is 0. The van der Waals surface area contributed by atoms with Crippen LogP contribution in [0.3, 0.4) is 0 Å². The molecule has 2 rings (SSSR count). The van der Waals surface area contributed by atoms with Gasteiger partial charge in [-0.2, -0.15) is 18.3 Å². The van der Waals surface area contributed by atoms with Crippen LogP contribution in [0, 0.1) is 0 Å². The monoisotopic (exact) mass is 256 g/mol. The molecule has 2 aromatic rings. The minimum Gasteiger partial charge on any atom is -0.285 e. The van der Waals surface area contributed by atoms with Gasteiger partial charge in [-0.25, -0.2) is 0 Å². The second-order valence-corrected chi connectivity index (χ2v) is 3.80. The molecule has 0 spiro atoms. The van der Waals surface area contributed by atoms with Crippen LogP contribution in [0.2, 0.25) is 0 Å². The third kappa shape index (κ3) is 2.52. The number of hydrogen-bond donors (Lipinski definition) is 1. The van der Waals surface area contributed by atoms with Gasteiger partial charge in [0.25, 0.3) is 0 Å². The molecule has 0 amide bonds. The van der Waals surface area contributed by atoms with Gasteiger partial charge in [0.15, 0.2) is 0 Å². The number of alkyl halides is 3. The van der Waals surface area contributed by atoms with Gasteiger partial charge in [0.1, 0.15) is 0 Å². The molecule has 0 atom stereocenters. The fourth-order valence-electron chi connectivity index (χ4n) is 1.35. The number of hydrogen-bond acceptors (Lipinski definition) is 2. The number of aromatic amines is 1. The van der Waals surface area contributed by atoms with Crippen LogP contribution >= 0.6 is 12.2 Å². The second-order valence-electron chi connectivity index (χ2n) is 3.39. The highest BCUT2D eigenvalue weighted by molar-refractivity contribution is 7.81. The Morgan fingerprint density at radius 3 is 2.24 bits per heavy atom. The molecule has 6 heteroatoms. The molecule has 1 aromatic heterocycles. The van der Waals surface area contributed by atoms with Gasteiger partial charge in [0.05, 0.1) is 16.6 Å². The largest absolute Gasteiger partial charge is 0.416 e. The molecule has 0 saturated carbocycles. The maximum Gasteiger partial charge on any atom is 0.416 e. The Hall–Kier alpha value is -1.69. The lowest BCUT2D eigenvalue weighted by molar-refractivity contribution is -0.137. The fraction of sp³-hybridized carbons (Fsp3) is 0.0909. The van der Waals surface area contributed by atoms with Gasteiger partial charge in [-0.15, -0.1) is 0 Å². The number of benzene rings is 1. The zero-order valence-corrected chi connectivity index (χ0v) is 9.27. The number of halogens is 3. The van der Waals surface area contributed by atoms with Crippen LogP contribution < -0.4 is 0 Å². The Balaban J connectivity index is 2.28. The van der Waals surface area contributed by atoms with E-state index in [2.05, 4.69) is 10.2 Å². The molecule has 88 valence electrons. The molecule has 0 saturated heterocycles. The zero-order valence-electron chi connectivity index (χ0n) is 8.45. The van der Waals surface area contributed by atoms with Crippen LogP contribution in [-0.2, 0) is 6.18 Å². The van der Waals surface area contributed by atoms with Crippen molar-refractivity contribution in [2.24, 2.45) is 0 Å².